The second-order valence-electron chi connectivity index (χ2n) is 6.35. The molecule has 116 valence electrons. The molecule has 0 aromatic rings. The Morgan fingerprint density at radius 1 is 1.15 bits per heavy atom. The molecule has 2 aliphatic heterocycles. The minimum absolute atomic E-state index is 0.251. The molecule has 3 rings (SSSR count). The maximum atomic E-state index is 9.33. The summed E-state index contributed by atoms with van der Waals surface area (Å²) in [5.74, 6) is -0.271. The average molecular weight is 284 g/mol. The molecule has 1 saturated carbocycles. The smallest absolute Gasteiger partial charge is 0.168 e. The Hall–Kier alpha value is -0.200. The topological polar surface area (TPSA) is 54.0 Å². The lowest BCUT2D eigenvalue weighted by molar-refractivity contribution is -0.184. The van der Waals surface area contributed by atoms with E-state index < -0.39 is 0 Å². The second-order valence-corrected chi connectivity index (χ2v) is 6.35. The molecule has 1 unspecified atom stereocenters. The summed E-state index contributed by atoms with van der Waals surface area (Å²) >= 11 is 0. The van der Waals surface area contributed by atoms with Gasteiger partial charge in [0.25, 0.3) is 0 Å². The van der Waals surface area contributed by atoms with Gasteiger partial charge in [0.15, 0.2) is 5.79 Å². The van der Waals surface area contributed by atoms with E-state index in [4.69, 9.17) is 9.47 Å². The van der Waals surface area contributed by atoms with E-state index in [2.05, 4.69) is 10.2 Å². The molecule has 1 spiro atoms. The van der Waals surface area contributed by atoms with Crippen LogP contribution in [0.15, 0.2) is 0 Å². The van der Waals surface area contributed by atoms with Crippen LogP contribution >= 0.6 is 0 Å². The van der Waals surface area contributed by atoms with Gasteiger partial charge in [0.2, 0.25) is 0 Å². The summed E-state index contributed by atoms with van der Waals surface area (Å²) in [6.45, 7) is 4.75. The first-order chi connectivity index (χ1) is 9.81. The molecule has 2 N–H and O–H groups in total. The van der Waals surface area contributed by atoms with E-state index in [1.165, 1.54) is 12.8 Å². The first-order valence-corrected chi connectivity index (χ1v) is 8.17. The third-order valence-electron chi connectivity index (χ3n) is 5.05. The first-order valence-electron chi connectivity index (χ1n) is 8.17. The summed E-state index contributed by atoms with van der Waals surface area (Å²) in [4.78, 5) is 2.48. The highest BCUT2D eigenvalue weighted by molar-refractivity contribution is 4.89. The van der Waals surface area contributed by atoms with E-state index in [9.17, 15) is 5.11 Å². The van der Waals surface area contributed by atoms with Gasteiger partial charge in [-0.1, -0.05) is 0 Å². The molecule has 5 heteroatoms. The molecule has 0 amide bonds. The number of nitrogens with one attached hydrogen (secondary N) is 1. The fraction of sp³-hybridized carbons (Fsp3) is 1.00. The van der Waals surface area contributed by atoms with Crippen LogP contribution in [0.3, 0.4) is 0 Å². The lowest BCUT2D eigenvalue weighted by atomic mass is 9.88. The van der Waals surface area contributed by atoms with Crippen LogP contribution in [0.1, 0.15) is 38.5 Å². The number of nitrogens with zero attached hydrogens (tertiary/aromatic N) is 1. The highest BCUT2D eigenvalue weighted by Gasteiger charge is 2.41. The molecule has 0 aromatic heterocycles. The number of hydrogen-bond acceptors (Lipinski definition) is 5. The van der Waals surface area contributed by atoms with E-state index in [0.29, 0.717) is 12.1 Å². The maximum Gasteiger partial charge on any atom is 0.168 e. The van der Waals surface area contributed by atoms with Crippen molar-refractivity contribution in [2.45, 2.75) is 56.4 Å². The lowest BCUT2D eigenvalue weighted by Gasteiger charge is -2.41. The van der Waals surface area contributed by atoms with Crippen molar-refractivity contribution in [1.82, 2.24) is 10.2 Å². The maximum absolute atomic E-state index is 9.33. The van der Waals surface area contributed by atoms with Gasteiger partial charge in [-0.3, -0.25) is 4.90 Å². The summed E-state index contributed by atoms with van der Waals surface area (Å²) in [6.07, 6.45) is 6.78. The Balaban J connectivity index is 1.52. The largest absolute Gasteiger partial charge is 0.395 e. The summed E-state index contributed by atoms with van der Waals surface area (Å²) in [6, 6.07) is 1.18. The van der Waals surface area contributed by atoms with Crippen LogP contribution in [0.2, 0.25) is 0 Å². The van der Waals surface area contributed by atoms with Gasteiger partial charge in [-0.15, -0.1) is 0 Å². The zero-order valence-electron chi connectivity index (χ0n) is 12.4. The van der Waals surface area contributed by atoms with Crippen LogP contribution < -0.4 is 5.32 Å². The molecule has 5 nitrogen and oxygen atoms in total. The highest BCUT2D eigenvalue weighted by atomic mass is 16.7. The average Bonchev–Trinajstić information content (AvgIpc) is 3.12. The van der Waals surface area contributed by atoms with Crippen LogP contribution in [0.25, 0.3) is 0 Å². The van der Waals surface area contributed by atoms with Crippen molar-refractivity contribution in [3.05, 3.63) is 0 Å². The van der Waals surface area contributed by atoms with Crippen LogP contribution in [0, 0.1) is 0 Å². The quantitative estimate of drug-likeness (QED) is 0.779. The third kappa shape index (κ3) is 3.34. The zero-order chi connectivity index (χ0) is 13.8. The van der Waals surface area contributed by atoms with E-state index in [-0.39, 0.29) is 12.4 Å². The highest BCUT2D eigenvalue weighted by Crippen LogP contribution is 2.37. The Bertz CT molecular complexity index is 291. The summed E-state index contributed by atoms with van der Waals surface area (Å²) in [5.41, 5.74) is 0. The SMILES string of the molecule is OCCN(CC1CCCN1)C1CCC2(CC1)OCCO2. The van der Waals surface area contributed by atoms with Crippen molar-refractivity contribution >= 4 is 0 Å². The summed E-state index contributed by atoms with van der Waals surface area (Å²) < 4.78 is 11.6. The molecule has 3 fully saturated rings. The molecule has 1 atom stereocenters. The second kappa shape index (κ2) is 6.71. The zero-order valence-corrected chi connectivity index (χ0v) is 12.4. The molecule has 2 saturated heterocycles. The Morgan fingerprint density at radius 3 is 2.50 bits per heavy atom. The first kappa shape index (κ1) is 14.7. The van der Waals surface area contributed by atoms with Crippen LogP contribution in [-0.2, 0) is 9.47 Å². The van der Waals surface area contributed by atoms with Gasteiger partial charge >= 0.3 is 0 Å². The number of aliphatic hydroxyl groups excluding tert-OH is 1. The van der Waals surface area contributed by atoms with Crippen molar-refractivity contribution in [3.63, 3.8) is 0 Å². The third-order valence-corrected chi connectivity index (χ3v) is 5.05. The van der Waals surface area contributed by atoms with Crippen molar-refractivity contribution in [2.75, 3.05) is 39.5 Å². The molecule has 0 radical (unpaired) electrons. The van der Waals surface area contributed by atoms with E-state index >= 15 is 0 Å². The number of aliphatic hydroxyl groups is 1. The summed E-state index contributed by atoms with van der Waals surface area (Å²) in [7, 11) is 0. The lowest BCUT2D eigenvalue weighted by Crippen LogP contribution is -2.48. The van der Waals surface area contributed by atoms with Crippen molar-refractivity contribution in [3.8, 4) is 0 Å². The molecule has 0 bridgehead atoms. The molecule has 2 heterocycles. The van der Waals surface area contributed by atoms with Crippen molar-refractivity contribution in [2.24, 2.45) is 0 Å². The van der Waals surface area contributed by atoms with Crippen molar-refractivity contribution in [1.29, 1.82) is 0 Å². The van der Waals surface area contributed by atoms with Crippen molar-refractivity contribution < 1.29 is 14.6 Å². The van der Waals surface area contributed by atoms with E-state index in [1.54, 1.807) is 0 Å². The molecule has 20 heavy (non-hydrogen) atoms. The minimum atomic E-state index is -0.271. The van der Waals surface area contributed by atoms with Gasteiger partial charge in [-0.2, -0.15) is 0 Å². The molecule has 1 aliphatic carbocycles. The normalized spacial score (nSPS) is 30.6. The molecule has 0 aromatic carbocycles. The van der Waals surface area contributed by atoms with Gasteiger partial charge in [0.05, 0.1) is 19.8 Å². The van der Waals surface area contributed by atoms with Crippen LogP contribution in [-0.4, -0.2) is 67.3 Å². The predicted molar refractivity (Wildman–Crippen MR) is 76.6 cm³/mol. The molecule has 3 aliphatic rings. The van der Waals surface area contributed by atoms with Gasteiger partial charge in [-0.05, 0) is 32.2 Å². The van der Waals surface area contributed by atoms with Gasteiger partial charge in [-0.25, -0.2) is 0 Å². The fourth-order valence-electron chi connectivity index (χ4n) is 3.94. The number of ether oxygens (including phenoxy) is 2. The minimum Gasteiger partial charge on any atom is -0.395 e. The Morgan fingerprint density at radius 2 is 1.90 bits per heavy atom. The van der Waals surface area contributed by atoms with Gasteiger partial charge < -0.3 is 19.9 Å². The predicted octanol–water partition coefficient (Wildman–Crippen LogP) is 0.718. The van der Waals surface area contributed by atoms with E-state index in [1.807, 2.05) is 0 Å². The molecular formula is C15H28N2O3. The molecular weight excluding hydrogens is 256 g/mol. The Labute approximate surface area is 121 Å². The fourth-order valence-corrected chi connectivity index (χ4v) is 3.94. The summed E-state index contributed by atoms with van der Waals surface area (Å²) in [5, 5.41) is 12.9. The van der Waals surface area contributed by atoms with Crippen LogP contribution in [0.5, 0.6) is 0 Å². The Kier molecular flexibility index (Phi) is 4.94. The van der Waals surface area contributed by atoms with Crippen LogP contribution in [0.4, 0.5) is 0 Å². The number of hydrogen-bond donors (Lipinski definition) is 2. The standard InChI is InChI=1S/C15H28N2O3/c18-9-8-17(12-13-2-1-7-16-13)14-3-5-15(6-4-14)19-10-11-20-15/h13-14,16,18H,1-12H2. The van der Waals surface area contributed by atoms with E-state index in [0.717, 1.165) is 58.5 Å². The van der Waals surface area contributed by atoms with Gasteiger partial charge in [0, 0.05) is 38.0 Å². The number of rotatable bonds is 5. The monoisotopic (exact) mass is 284 g/mol. The van der Waals surface area contributed by atoms with Gasteiger partial charge in [0.1, 0.15) is 0 Å².